The Balaban J connectivity index is 2.42. The van der Waals surface area contributed by atoms with Crippen molar-refractivity contribution in [3.8, 4) is 0 Å². The van der Waals surface area contributed by atoms with Gasteiger partial charge in [-0.1, -0.05) is 13.8 Å². The summed E-state index contributed by atoms with van der Waals surface area (Å²) in [6.45, 7) is 7.08. The van der Waals surface area contributed by atoms with Gasteiger partial charge in [-0.15, -0.1) is 0 Å². The predicted molar refractivity (Wildman–Crippen MR) is 61.4 cm³/mol. The minimum absolute atomic E-state index is 0.0226. The second-order valence-corrected chi connectivity index (χ2v) is 4.77. The molecule has 1 fully saturated rings. The highest BCUT2D eigenvalue weighted by atomic mass is 16.2. The van der Waals surface area contributed by atoms with E-state index in [9.17, 15) is 4.79 Å². The minimum atomic E-state index is -0.390. The van der Waals surface area contributed by atoms with E-state index < -0.39 is 0 Å². The fourth-order valence-electron chi connectivity index (χ4n) is 1.82. The van der Waals surface area contributed by atoms with Gasteiger partial charge in [-0.05, 0) is 32.2 Å². The number of hydrogen-bond donors (Lipinski definition) is 3. The molecule has 1 heterocycles. The maximum Gasteiger partial charge on any atom is 0.237 e. The molecule has 0 saturated carbocycles. The first-order chi connectivity index (χ1) is 7.02. The summed E-state index contributed by atoms with van der Waals surface area (Å²) in [5, 5.41) is 6.37. The molecular weight excluding hydrogens is 190 g/mol. The van der Waals surface area contributed by atoms with Gasteiger partial charge in [0.15, 0.2) is 0 Å². The van der Waals surface area contributed by atoms with Gasteiger partial charge in [0, 0.05) is 12.1 Å². The van der Waals surface area contributed by atoms with Crippen LogP contribution in [0.4, 0.5) is 0 Å². The minimum Gasteiger partial charge on any atom is -0.350 e. The highest BCUT2D eigenvalue weighted by Crippen LogP contribution is 2.09. The van der Waals surface area contributed by atoms with Crippen LogP contribution in [0.2, 0.25) is 0 Å². The Hall–Kier alpha value is -0.610. The van der Waals surface area contributed by atoms with Crippen LogP contribution in [-0.2, 0) is 4.79 Å². The number of carbonyl (C=O) groups excluding carboxylic acids is 1. The predicted octanol–water partition coefficient (Wildman–Crippen LogP) is 0.226. The van der Waals surface area contributed by atoms with E-state index in [0.717, 1.165) is 19.4 Å². The van der Waals surface area contributed by atoms with Gasteiger partial charge in [-0.3, -0.25) is 4.79 Å². The maximum atomic E-state index is 11.7. The van der Waals surface area contributed by atoms with Gasteiger partial charge in [-0.2, -0.15) is 0 Å². The highest BCUT2D eigenvalue weighted by Gasteiger charge is 2.25. The van der Waals surface area contributed by atoms with E-state index in [1.54, 1.807) is 0 Å². The molecule has 4 nitrogen and oxygen atoms in total. The third-order valence-corrected chi connectivity index (χ3v) is 3.11. The Labute approximate surface area is 92.0 Å². The van der Waals surface area contributed by atoms with Gasteiger partial charge in [0.25, 0.3) is 0 Å². The van der Waals surface area contributed by atoms with Crippen LogP contribution in [0.25, 0.3) is 0 Å². The van der Waals surface area contributed by atoms with Crippen LogP contribution >= 0.6 is 0 Å². The summed E-state index contributed by atoms with van der Waals surface area (Å²) < 4.78 is 0. The van der Waals surface area contributed by atoms with Crippen molar-refractivity contribution in [2.24, 2.45) is 11.7 Å². The topological polar surface area (TPSA) is 67.1 Å². The van der Waals surface area contributed by atoms with Crippen LogP contribution in [0.15, 0.2) is 0 Å². The zero-order valence-corrected chi connectivity index (χ0v) is 9.92. The van der Waals surface area contributed by atoms with Crippen molar-refractivity contribution in [2.45, 2.75) is 51.7 Å². The lowest BCUT2D eigenvalue weighted by molar-refractivity contribution is -0.124. The van der Waals surface area contributed by atoms with Gasteiger partial charge in [-0.25, -0.2) is 0 Å². The average molecular weight is 213 g/mol. The molecule has 1 saturated heterocycles. The summed E-state index contributed by atoms with van der Waals surface area (Å²) in [6.07, 6.45) is 2.16. The molecule has 1 amide bonds. The summed E-state index contributed by atoms with van der Waals surface area (Å²) in [5.41, 5.74) is 5.79. The largest absolute Gasteiger partial charge is 0.350 e. The van der Waals surface area contributed by atoms with Crippen LogP contribution in [0.3, 0.4) is 0 Å². The normalized spacial score (nSPS) is 28.9. The van der Waals surface area contributed by atoms with E-state index in [4.69, 9.17) is 5.73 Å². The fraction of sp³-hybridized carbons (Fsp3) is 0.909. The van der Waals surface area contributed by atoms with Gasteiger partial charge in [0.1, 0.15) is 0 Å². The van der Waals surface area contributed by atoms with Crippen LogP contribution in [0.5, 0.6) is 0 Å². The van der Waals surface area contributed by atoms with E-state index in [1.807, 2.05) is 13.8 Å². The second kappa shape index (κ2) is 5.47. The van der Waals surface area contributed by atoms with Crippen molar-refractivity contribution in [1.82, 2.24) is 10.6 Å². The smallest absolute Gasteiger partial charge is 0.237 e. The zero-order valence-electron chi connectivity index (χ0n) is 9.92. The molecule has 1 rings (SSSR count). The number of piperidine rings is 1. The molecule has 1 aliphatic rings. The lowest BCUT2D eigenvalue weighted by Crippen LogP contribution is -2.56. The first-order valence-electron chi connectivity index (χ1n) is 5.81. The standard InChI is InChI=1S/C11H23N3O/c1-7(2)10(12)11(15)14-9-5-4-6-13-8(9)3/h7-10,13H,4-6,12H2,1-3H3,(H,14,15)/t8?,9?,10-/m1/s1. The van der Waals surface area contributed by atoms with Crippen molar-refractivity contribution in [1.29, 1.82) is 0 Å². The molecule has 0 aromatic carbocycles. The molecule has 15 heavy (non-hydrogen) atoms. The van der Waals surface area contributed by atoms with Crippen LogP contribution in [0, 0.1) is 5.92 Å². The monoisotopic (exact) mass is 213 g/mol. The van der Waals surface area contributed by atoms with E-state index in [-0.39, 0.29) is 23.9 Å². The number of nitrogens with two attached hydrogens (primary N) is 1. The van der Waals surface area contributed by atoms with Crippen molar-refractivity contribution >= 4 is 5.91 Å². The summed E-state index contributed by atoms with van der Waals surface area (Å²) in [4.78, 5) is 11.7. The molecule has 2 unspecified atom stereocenters. The molecule has 0 bridgehead atoms. The van der Waals surface area contributed by atoms with Crippen molar-refractivity contribution in [2.75, 3.05) is 6.54 Å². The Morgan fingerprint density at radius 3 is 2.73 bits per heavy atom. The van der Waals surface area contributed by atoms with Crippen LogP contribution < -0.4 is 16.4 Å². The molecule has 0 radical (unpaired) electrons. The molecule has 0 aromatic heterocycles. The molecule has 4 N–H and O–H groups in total. The molecule has 1 aliphatic heterocycles. The van der Waals surface area contributed by atoms with Crippen LogP contribution in [0.1, 0.15) is 33.6 Å². The number of amides is 1. The Morgan fingerprint density at radius 2 is 2.20 bits per heavy atom. The SMILES string of the molecule is CC1NCCCC1NC(=O)[C@H](N)C(C)C. The van der Waals surface area contributed by atoms with E-state index in [1.165, 1.54) is 0 Å². The third-order valence-electron chi connectivity index (χ3n) is 3.11. The molecule has 88 valence electrons. The van der Waals surface area contributed by atoms with Gasteiger partial charge in [0.2, 0.25) is 5.91 Å². The maximum absolute atomic E-state index is 11.7. The Kier molecular flexibility index (Phi) is 4.54. The molecule has 0 spiro atoms. The van der Waals surface area contributed by atoms with Crippen molar-refractivity contribution < 1.29 is 4.79 Å². The first-order valence-corrected chi connectivity index (χ1v) is 5.81. The van der Waals surface area contributed by atoms with Gasteiger partial charge >= 0.3 is 0 Å². The number of carbonyl (C=O) groups is 1. The fourth-order valence-corrected chi connectivity index (χ4v) is 1.82. The molecule has 4 heteroatoms. The molecular formula is C11H23N3O. The van der Waals surface area contributed by atoms with Gasteiger partial charge < -0.3 is 16.4 Å². The summed E-state index contributed by atoms with van der Waals surface area (Å²) in [5.74, 6) is 0.169. The van der Waals surface area contributed by atoms with E-state index in [2.05, 4.69) is 17.6 Å². The summed E-state index contributed by atoms with van der Waals surface area (Å²) >= 11 is 0. The van der Waals surface area contributed by atoms with Crippen molar-refractivity contribution in [3.63, 3.8) is 0 Å². The van der Waals surface area contributed by atoms with Crippen molar-refractivity contribution in [3.05, 3.63) is 0 Å². The lowest BCUT2D eigenvalue weighted by Gasteiger charge is -2.31. The Bertz CT molecular complexity index is 218. The van der Waals surface area contributed by atoms with E-state index >= 15 is 0 Å². The van der Waals surface area contributed by atoms with Crippen LogP contribution in [-0.4, -0.2) is 30.6 Å². The molecule has 0 aliphatic carbocycles. The highest BCUT2D eigenvalue weighted by molar-refractivity contribution is 5.82. The van der Waals surface area contributed by atoms with Gasteiger partial charge in [0.05, 0.1) is 6.04 Å². The summed E-state index contributed by atoms with van der Waals surface area (Å²) in [6, 6.07) is 0.192. The first kappa shape index (κ1) is 12.5. The lowest BCUT2D eigenvalue weighted by atomic mass is 9.98. The quantitative estimate of drug-likeness (QED) is 0.628. The summed E-state index contributed by atoms with van der Waals surface area (Å²) in [7, 11) is 0. The number of nitrogens with one attached hydrogen (secondary N) is 2. The second-order valence-electron chi connectivity index (χ2n) is 4.77. The molecule has 0 aromatic rings. The third kappa shape index (κ3) is 3.47. The number of rotatable bonds is 3. The average Bonchev–Trinajstić information content (AvgIpc) is 2.20. The number of hydrogen-bond acceptors (Lipinski definition) is 3. The molecule has 3 atom stereocenters. The Morgan fingerprint density at radius 1 is 1.53 bits per heavy atom. The van der Waals surface area contributed by atoms with E-state index in [0.29, 0.717) is 6.04 Å². The zero-order chi connectivity index (χ0) is 11.4.